The highest BCUT2D eigenvalue weighted by Crippen LogP contribution is 2.39. The Morgan fingerprint density at radius 3 is 2.12 bits per heavy atom. The number of benzene rings is 4. The summed E-state index contributed by atoms with van der Waals surface area (Å²) in [5, 5.41) is 0.350. The number of nitrogens with zero attached hydrogens (tertiary/aromatic N) is 1. The smallest absolute Gasteiger partial charge is 0.406 e. The van der Waals surface area contributed by atoms with Crippen LogP contribution in [0.1, 0.15) is 33.9 Å². The molecule has 0 bridgehead atoms. The van der Waals surface area contributed by atoms with Crippen molar-refractivity contribution in [3.05, 3.63) is 131 Å². The zero-order chi connectivity index (χ0) is 28.5. The van der Waals surface area contributed by atoms with Crippen molar-refractivity contribution in [3.63, 3.8) is 0 Å². The van der Waals surface area contributed by atoms with E-state index in [-0.39, 0.29) is 11.3 Å². The van der Waals surface area contributed by atoms with Crippen molar-refractivity contribution >= 4 is 10.9 Å². The average Bonchev–Trinajstić information content (AvgIpc) is 2.92. The number of halogens is 6. The lowest BCUT2D eigenvalue weighted by atomic mass is 9.89. The molecule has 0 aliphatic heterocycles. The summed E-state index contributed by atoms with van der Waals surface area (Å²) in [5.41, 5.74) is 9.59. The molecule has 0 saturated carbocycles. The van der Waals surface area contributed by atoms with E-state index in [9.17, 15) is 26.3 Å². The largest absolute Gasteiger partial charge is 0.573 e. The number of nitrogens with two attached hydrogens (primary N) is 1. The van der Waals surface area contributed by atoms with Gasteiger partial charge in [0.2, 0.25) is 0 Å². The molecule has 40 heavy (non-hydrogen) atoms. The van der Waals surface area contributed by atoms with Gasteiger partial charge in [-0.25, -0.2) is 0 Å². The SMILES string of the molecule is NC(c1ccc(OC(F)(F)F)cc1)c1cccc(-c2c(Cc3ccccc3)cnc3c(C(F)(F)F)cccc23)c1. The maximum Gasteiger partial charge on any atom is 0.573 e. The Balaban J connectivity index is 1.60. The summed E-state index contributed by atoms with van der Waals surface area (Å²) in [6.45, 7) is 0. The third-order valence-corrected chi connectivity index (χ3v) is 6.53. The quantitative estimate of drug-likeness (QED) is 0.215. The van der Waals surface area contributed by atoms with E-state index in [1.165, 1.54) is 36.5 Å². The van der Waals surface area contributed by atoms with Crippen molar-refractivity contribution in [2.24, 2.45) is 5.73 Å². The predicted molar refractivity (Wildman–Crippen MR) is 141 cm³/mol. The van der Waals surface area contributed by atoms with E-state index in [1.54, 1.807) is 30.3 Å². The molecule has 0 spiro atoms. The maximum atomic E-state index is 13.8. The van der Waals surface area contributed by atoms with Crippen LogP contribution < -0.4 is 10.5 Å². The molecule has 0 aliphatic carbocycles. The summed E-state index contributed by atoms with van der Waals surface area (Å²) in [6, 6.07) is 25.1. The fourth-order valence-electron chi connectivity index (χ4n) is 4.74. The fraction of sp³-hybridized carbons (Fsp3) is 0.129. The van der Waals surface area contributed by atoms with E-state index >= 15 is 0 Å². The summed E-state index contributed by atoms with van der Waals surface area (Å²) < 4.78 is 83.1. The van der Waals surface area contributed by atoms with Gasteiger partial charge < -0.3 is 10.5 Å². The molecular weight excluding hydrogens is 530 g/mol. The standard InChI is InChI=1S/C31H22F6N2O/c32-30(33,34)26-11-5-10-25-27(23(18-39-29(25)26)16-19-6-2-1-3-7-19)21-8-4-9-22(17-21)28(38)20-12-14-24(15-13-20)40-31(35,36)37/h1-15,17-18,28H,16,38H2. The minimum Gasteiger partial charge on any atom is -0.406 e. The van der Waals surface area contributed by atoms with E-state index < -0.39 is 24.1 Å². The van der Waals surface area contributed by atoms with Crippen molar-refractivity contribution in [1.82, 2.24) is 4.98 Å². The monoisotopic (exact) mass is 552 g/mol. The Kier molecular flexibility index (Phi) is 7.25. The van der Waals surface area contributed by atoms with E-state index in [4.69, 9.17) is 5.73 Å². The summed E-state index contributed by atoms with van der Waals surface area (Å²) >= 11 is 0. The van der Waals surface area contributed by atoms with Crippen molar-refractivity contribution in [2.75, 3.05) is 0 Å². The Hall–Kier alpha value is -4.37. The van der Waals surface area contributed by atoms with Crippen LogP contribution in [0.3, 0.4) is 0 Å². The van der Waals surface area contributed by atoms with Gasteiger partial charge in [-0.15, -0.1) is 13.2 Å². The molecule has 1 atom stereocenters. The number of ether oxygens (including phenoxy) is 1. The Bertz CT molecular complexity index is 1630. The molecule has 4 aromatic carbocycles. The van der Waals surface area contributed by atoms with Crippen LogP contribution in [0.4, 0.5) is 26.3 Å². The fourth-order valence-corrected chi connectivity index (χ4v) is 4.74. The van der Waals surface area contributed by atoms with Gasteiger partial charge in [-0.1, -0.05) is 72.8 Å². The molecule has 2 N–H and O–H groups in total. The van der Waals surface area contributed by atoms with Crippen LogP contribution in [0.15, 0.2) is 103 Å². The summed E-state index contributed by atoms with van der Waals surface area (Å²) in [6.07, 6.45) is -7.48. The molecule has 0 fully saturated rings. The number of aromatic nitrogens is 1. The zero-order valence-corrected chi connectivity index (χ0v) is 20.8. The van der Waals surface area contributed by atoms with Gasteiger partial charge >= 0.3 is 12.5 Å². The van der Waals surface area contributed by atoms with Gasteiger partial charge in [0, 0.05) is 11.6 Å². The molecule has 3 nitrogen and oxygen atoms in total. The normalized spacial score (nSPS) is 12.9. The highest BCUT2D eigenvalue weighted by Gasteiger charge is 2.34. The molecule has 5 rings (SSSR count). The molecule has 0 radical (unpaired) electrons. The van der Waals surface area contributed by atoms with Crippen molar-refractivity contribution in [2.45, 2.75) is 25.0 Å². The number of hydrogen-bond acceptors (Lipinski definition) is 3. The molecule has 9 heteroatoms. The lowest BCUT2D eigenvalue weighted by molar-refractivity contribution is -0.274. The minimum absolute atomic E-state index is 0.156. The number of hydrogen-bond donors (Lipinski definition) is 1. The maximum absolute atomic E-state index is 13.8. The van der Waals surface area contributed by atoms with E-state index in [2.05, 4.69) is 9.72 Å². The summed E-state index contributed by atoms with van der Waals surface area (Å²) in [7, 11) is 0. The second-order valence-electron chi connectivity index (χ2n) is 9.24. The predicted octanol–water partition coefficient (Wildman–Crippen LogP) is 8.46. The molecule has 1 aromatic heterocycles. The molecule has 204 valence electrons. The van der Waals surface area contributed by atoms with Gasteiger partial charge in [0.15, 0.2) is 0 Å². The zero-order valence-electron chi connectivity index (χ0n) is 20.8. The van der Waals surface area contributed by atoms with E-state index in [0.717, 1.165) is 17.2 Å². The van der Waals surface area contributed by atoms with Gasteiger partial charge in [-0.2, -0.15) is 13.2 Å². The number of alkyl halides is 6. The second kappa shape index (κ2) is 10.7. The highest BCUT2D eigenvalue weighted by molar-refractivity contribution is 5.98. The molecule has 5 aromatic rings. The van der Waals surface area contributed by atoms with Gasteiger partial charge in [-0.3, -0.25) is 4.98 Å². The van der Waals surface area contributed by atoms with Crippen LogP contribution in [0.25, 0.3) is 22.0 Å². The van der Waals surface area contributed by atoms with E-state index in [1.807, 2.05) is 30.3 Å². The van der Waals surface area contributed by atoms with Crippen LogP contribution >= 0.6 is 0 Å². The first kappa shape index (κ1) is 27.2. The number of rotatable bonds is 6. The minimum atomic E-state index is -4.81. The van der Waals surface area contributed by atoms with Crippen LogP contribution in [0.2, 0.25) is 0 Å². The number of pyridine rings is 1. The van der Waals surface area contributed by atoms with Crippen molar-refractivity contribution in [1.29, 1.82) is 0 Å². The highest BCUT2D eigenvalue weighted by atomic mass is 19.4. The Labute approximate surface area is 225 Å². The summed E-state index contributed by atoms with van der Waals surface area (Å²) in [4.78, 5) is 4.23. The van der Waals surface area contributed by atoms with Gasteiger partial charge in [0.05, 0.1) is 17.1 Å². The molecule has 0 amide bonds. The van der Waals surface area contributed by atoms with Crippen molar-refractivity contribution in [3.8, 4) is 16.9 Å². The lowest BCUT2D eigenvalue weighted by Gasteiger charge is -2.18. The van der Waals surface area contributed by atoms with Gasteiger partial charge in [-0.05, 0) is 64.1 Å². The summed E-state index contributed by atoms with van der Waals surface area (Å²) in [5.74, 6) is -0.369. The molecule has 1 unspecified atom stereocenters. The first-order chi connectivity index (χ1) is 19.0. The Morgan fingerprint density at radius 1 is 0.750 bits per heavy atom. The van der Waals surface area contributed by atoms with Gasteiger partial charge in [0.1, 0.15) is 5.75 Å². The van der Waals surface area contributed by atoms with E-state index in [0.29, 0.717) is 34.1 Å². The Morgan fingerprint density at radius 2 is 1.45 bits per heavy atom. The van der Waals surface area contributed by atoms with Crippen LogP contribution in [-0.2, 0) is 12.6 Å². The molecule has 1 heterocycles. The number of para-hydroxylation sites is 1. The first-order valence-corrected chi connectivity index (χ1v) is 12.2. The van der Waals surface area contributed by atoms with Crippen LogP contribution in [0.5, 0.6) is 5.75 Å². The van der Waals surface area contributed by atoms with Crippen LogP contribution in [0, 0.1) is 0 Å². The molecule has 0 aliphatic rings. The third-order valence-electron chi connectivity index (χ3n) is 6.53. The first-order valence-electron chi connectivity index (χ1n) is 12.2. The molecule has 0 saturated heterocycles. The topological polar surface area (TPSA) is 48.1 Å². The average molecular weight is 553 g/mol. The number of fused-ring (bicyclic) bond motifs is 1. The van der Waals surface area contributed by atoms with Crippen LogP contribution in [-0.4, -0.2) is 11.3 Å². The lowest BCUT2D eigenvalue weighted by Crippen LogP contribution is -2.17. The second-order valence-corrected chi connectivity index (χ2v) is 9.24. The molecular formula is C31H22F6N2O. The third kappa shape index (κ3) is 5.94. The van der Waals surface area contributed by atoms with Gasteiger partial charge in [0.25, 0.3) is 0 Å². The van der Waals surface area contributed by atoms with Crippen molar-refractivity contribution < 1.29 is 31.1 Å².